The number of hydrogen-bond donors (Lipinski definition) is 2. The number of carbonyl (C=O) groups excluding carboxylic acids is 1. The fourth-order valence-corrected chi connectivity index (χ4v) is 3.19. The molecule has 5 heteroatoms. The lowest BCUT2D eigenvalue weighted by Gasteiger charge is -2.24. The van der Waals surface area contributed by atoms with E-state index in [1.54, 1.807) is 0 Å². The van der Waals surface area contributed by atoms with Crippen LogP contribution in [-0.2, 0) is 14.3 Å². The lowest BCUT2D eigenvalue weighted by Crippen LogP contribution is -2.15. The average Bonchev–Trinajstić information content (AvgIpc) is 2.54. The Morgan fingerprint density at radius 2 is 1.42 bits per heavy atom. The molecular weight excluding hydrogens is 332 g/mol. The number of aliphatic hydroxyl groups excluding tert-OH is 1. The van der Waals surface area contributed by atoms with Crippen molar-refractivity contribution in [2.24, 2.45) is 10.8 Å². The second-order valence-electron chi connectivity index (χ2n) is 9.08. The van der Waals surface area contributed by atoms with E-state index in [0.717, 1.165) is 57.8 Å². The maximum atomic E-state index is 10.7. The highest BCUT2D eigenvalue weighted by Gasteiger charge is 2.19. The molecule has 2 N–H and O–H groups in total. The zero-order valence-corrected chi connectivity index (χ0v) is 17.3. The molecule has 26 heavy (non-hydrogen) atoms. The minimum absolute atomic E-state index is 0.0580. The molecule has 0 aromatic rings. The van der Waals surface area contributed by atoms with Crippen LogP contribution in [0.25, 0.3) is 0 Å². The van der Waals surface area contributed by atoms with Crippen LogP contribution < -0.4 is 0 Å². The highest BCUT2D eigenvalue weighted by Crippen LogP contribution is 2.30. The van der Waals surface area contributed by atoms with Gasteiger partial charge in [-0.15, -0.1) is 0 Å². The lowest BCUT2D eigenvalue weighted by molar-refractivity contribution is -0.137. The molecule has 0 spiro atoms. The Kier molecular flexibility index (Phi) is 12.6. The van der Waals surface area contributed by atoms with Gasteiger partial charge in [0, 0.05) is 6.42 Å². The Hall–Kier alpha value is -1.10. The zero-order valence-electron chi connectivity index (χ0n) is 17.3. The van der Waals surface area contributed by atoms with Crippen LogP contribution in [-0.4, -0.2) is 35.4 Å². The maximum absolute atomic E-state index is 10.7. The predicted octanol–water partition coefficient (Wildman–Crippen LogP) is 4.95. The molecule has 5 nitrogen and oxygen atoms in total. The largest absolute Gasteiger partial charge is 0.481 e. The van der Waals surface area contributed by atoms with Gasteiger partial charge in [0.05, 0.1) is 12.7 Å². The first kappa shape index (κ1) is 24.9. The molecule has 1 atom stereocenters. The lowest BCUT2D eigenvalue weighted by atomic mass is 9.82. The van der Waals surface area contributed by atoms with E-state index in [1.807, 2.05) is 0 Å². The smallest absolute Gasteiger partial charge is 0.303 e. The zero-order chi connectivity index (χ0) is 20.1. The van der Waals surface area contributed by atoms with E-state index in [1.165, 1.54) is 0 Å². The molecule has 0 aromatic heterocycles. The molecule has 0 aliphatic heterocycles. The summed E-state index contributed by atoms with van der Waals surface area (Å²) in [6.07, 6.45) is 9.42. The molecule has 0 aliphatic carbocycles. The third kappa shape index (κ3) is 15.2. The molecule has 0 radical (unpaired) electrons. The van der Waals surface area contributed by atoms with Crippen molar-refractivity contribution in [1.29, 1.82) is 0 Å². The van der Waals surface area contributed by atoms with E-state index < -0.39 is 5.97 Å². The predicted molar refractivity (Wildman–Crippen MR) is 104 cm³/mol. The average molecular weight is 373 g/mol. The van der Waals surface area contributed by atoms with Gasteiger partial charge in [0.15, 0.2) is 0 Å². The number of ether oxygens (including phenoxy) is 1. The Balaban J connectivity index is 3.72. The normalized spacial score (nSPS) is 13.4. The highest BCUT2D eigenvalue weighted by atomic mass is 16.5. The van der Waals surface area contributed by atoms with Gasteiger partial charge in [0.25, 0.3) is 6.47 Å². The van der Waals surface area contributed by atoms with Crippen LogP contribution in [0.4, 0.5) is 0 Å². The quantitative estimate of drug-likeness (QED) is 0.279. The van der Waals surface area contributed by atoms with Crippen LogP contribution in [0.2, 0.25) is 0 Å². The standard InChI is InChI=1S/C21H40O5/c1-20(2,14-11-19(24)25)12-7-5-9-18(23)10-6-8-13-21(3,4)15-16-26-17-22/h17-18,23H,5-16H2,1-4H3,(H,24,25). The van der Waals surface area contributed by atoms with Gasteiger partial charge in [0.2, 0.25) is 0 Å². The summed E-state index contributed by atoms with van der Waals surface area (Å²) in [5.74, 6) is -0.729. The Bertz CT molecular complexity index is 390. The molecule has 0 aromatic carbocycles. The van der Waals surface area contributed by atoms with Crippen molar-refractivity contribution < 1.29 is 24.5 Å². The molecule has 0 bridgehead atoms. The Morgan fingerprint density at radius 3 is 1.88 bits per heavy atom. The molecule has 0 saturated carbocycles. The number of carbonyl (C=O) groups is 2. The monoisotopic (exact) mass is 372 g/mol. The number of aliphatic hydroxyl groups is 1. The van der Waals surface area contributed by atoms with E-state index in [2.05, 4.69) is 27.7 Å². The fraction of sp³-hybridized carbons (Fsp3) is 0.905. The van der Waals surface area contributed by atoms with Crippen molar-refractivity contribution >= 4 is 12.4 Å². The molecular formula is C21H40O5. The third-order valence-electron chi connectivity index (χ3n) is 5.26. The summed E-state index contributed by atoms with van der Waals surface area (Å²) in [6, 6.07) is 0. The van der Waals surface area contributed by atoms with Crippen LogP contribution in [0, 0.1) is 10.8 Å². The summed E-state index contributed by atoms with van der Waals surface area (Å²) in [7, 11) is 0. The number of carboxylic acid groups (broad SMARTS) is 1. The van der Waals surface area contributed by atoms with Gasteiger partial charge in [-0.05, 0) is 49.4 Å². The van der Waals surface area contributed by atoms with Crippen molar-refractivity contribution in [2.45, 2.75) is 104 Å². The first-order valence-electron chi connectivity index (χ1n) is 10.0. The summed E-state index contributed by atoms with van der Waals surface area (Å²) >= 11 is 0. The molecule has 0 amide bonds. The highest BCUT2D eigenvalue weighted by molar-refractivity contribution is 5.66. The van der Waals surface area contributed by atoms with Crippen LogP contribution in [0.3, 0.4) is 0 Å². The summed E-state index contributed by atoms with van der Waals surface area (Å²) in [5.41, 5.74) is 0.220. The number of carboxylic acids is 1. The number of rotatable bonds is 17. The summed E-state index contributed by atoms with van der Waals surface area (Å²) < 4.78 is 4.77. The van der Waals surface area contributed by atoms with Crippen LogP contribution >= 0.6 is 0 Å². The Morgan fingerprint density at radius 1 is 0.923 bits per heavy atom. The molecule has 0 rings (SSSR count). The molecule has 0 saturated heterocycles. The molecule has 1 unspecified atom stereocenters. The van der Waals surface area contributed by atoms with Gasteiger partial charge in [-0.1, -0.05) is 53.4 Å². The van der Waals surface area contributed by atoms with Crippen molar-refractivity contribution in [2.75, 3.05) is 6.61 Å². The van der Waals surface area contributed by atoms with E-state index in [4.69, 9.17) is 9.84 Å². The van der Waals surface area contributed by atoms with Crippen LogP contribution in [0.15, 0.2) is 0 Å². The van der Waals surface area contributed by atoms with Gasteiger partial charge in [-0.3, -0.25) is 9.59 Å². The number of unbranched alkanes of at least 4 members (excludes halogenated alkanes) is 2. The third-order valence-corrected chi connectivity index (χ3v) is 5.26. The van der Waals surface area contributed by atoms with Crippen LogP contribution in [0.1, 0.15) is 98.3 Å². The summed E-state index contributed by atoms with van der Waals surface area (Å²) in [4.78, 5) is 20.8. The van der Waals surface area contributed by atoms with E-state index in [-0.39, 0.29) is 23.4 Å². The second-order valence-corrected chi connectivity index (χ2v) is 9.08. The van der Waals surface area contributed by atoms with Gasteiger partial charge >= 0.3 is 5.97 Å². The van der Waals surface area contributed by atoms with Crippen molar-refractivity contribution in [1.82, 2.24) is 0 Å². The van der Waals surface area contributed by atoms with Crippen molar-refractivity contribution in [3.05, 3.63) is 0 Å². The minimum Gasteiger partial charge on any atom is -0.481 e. The molecule has 0 fully saturated rings. The van der Waals surface area contributed by atoms with Crippen molar-refractivity contribution in [3.63, 3.8) is 0 Å². The van der Waals surface area contributed by atoms with E-state index in [0.29, 0.717) is 19.5 Å². The Labute approximate surface area is 159 Å². The van der Waals surface area contributed by atoms with E-state index in [9.17, 15) is 14.7 Å². The summed E-state index contributed by atoms with van der Waals surface area (Å²) in [5, 5.41) is 18.9. The molecule has 0 heterocycles. The molecule has 154 valence electrons. The minimum atomic E-state index is -0.729. The maximum Gasteiger partial charge on any atom is 0.303 e. The van der Waals surface area contributed by atoms with Crippen molar-refractivity contribution in [3.8, 4) is 0 Å². The topological polar surface area (TPSA) is 83.8 Å². The molecule has 0 aliphatic rings. The number of hydrogen-bond acceptors (Lipinski definition) is 4. The van der Waals surface area contributed by atoms with Crippen LogP contribution in [0.5, 0.6) is 0 Å². The van der Waals surface area contributed by atoms with E-state index >= 15 is 0 Å². The van der Waals surface area contributed by atoms with Gasteiger partial charge < -0.3 is 14.9 Å². The fourth-order valence-electron chi connectivity index (χ4n) is 3.19. The number of aliphatic carboxylic acids is 1. The SMILES string of the molecule is CC(C)(CCCCC(O)CCCCC(C)(C)CCC(=O)O)CCOC=O. The second kappa shape index (κ2) is 13.1. The first-order valence-corrected chi connectivity index (χ1v) is 10.0. The summed E-state index contributed by atoms with van der Waals surface area (Å²) in [6.45, 7) is 9.58. The van der Waals surface area contributed by atoms with Gasteiger partial charge in [0.1, 0.15) is 0 Å². The van der Waals surface area contributed by atoms with Gasteiger partial charge in [-0.2, -0.15) is 0 Å². The first-order chi connectivity index (χ1) is 12.1. The van der Waals surface area contributed by atoms with Gasteiger partial charge in [-0.25, -0.2) is 0 Å².